The Morgan fingerprint density at radius 1 is 1.22 bits per heavy atom. The molecule has 0 aromatic heterocycles. The molecule has 0 amide bonds. The van der Waals surface area contributed by atoms with Gasteiger partial charge >= 0.3 is 7.12 Å². The first-order chi connectivity index (χ1) is 10.8. The maximum Gasteiger partial charge on any atom is 0.492 e. The predicted molar refractivity (Wildman–Crippen MR) is 92.7 cm³/mol. The Morgan fingerprint density at radius 2 is 1.87 bits per heavy atom. The number of hydrogen-bond acceptors (Lipinski definition) is 3. The van der Waals surface area contributed by atoms with Crippen LogP contribution < -0.4 is 5.46 Å². The monoisotopic (exact) mass is 348 g/mol. The smallest absolute Gasteiger partial charge is 0.423 e. The third kappa shape index (κ3) is 3.04. The average Bonchev–Trinajstić information content (AvgIpc) is 2.68. The molecule has 3 nitrogen and oxygen atoms in total. The van der Waals surface area contributed by atoms with Gasteiger partial charge in [0.25, 0.3) is 0 Å². The van der Waals surface area contributed by atoms with E-state index in [-0.39, 0.29) is 12.2 Å². The lowest BCUT2D eigenvalue weighted by Crippen LogP contribution is -2.29. The van der Waals surface area contributed by atoms with Gasteiger partial charge in [-0.15, -0.1) is 0 Å². The molecular formula is C17H15BCl2O3. The number of rotatable bonds is 3. The van der Waals surface area contributed by atoms with E-state index in [1.54, 1.807) is 24.3 Å². The van der Waals surface area contributed by atoms with Crippen LogP contribution >= 0.6 is 23.2 Å². The van der Waals surface area contributed by atoms with Gasteiger partial charge in [-0.3, -0.25) is 4.79 Å². The Labute approximate surface area is 145 Å². The molecule has 0 unspecified atom stereocenters. The molecule has 1 aliphatic heterocycles. The van der Waals surface area contributed by atoms with E-state index >= 15 is 0 Å². The average molecular weight is 349 g/mol. The highest BCUT2D eigenvalue weighted by Crippen LogP contribution is 2.30. The summed E-state index contributed by atoms with van der Waals surface area (Å²) in [7, 11) is -0.973. The van der Waals surface area contributed by atoms with E-state index in [9.17, 15) is 9.82 Å². The summed E-state index contributed by atoms with van der Waals surface area (Å²) in [5, 5.41) is 10.7. The second-order valence-corrected chi connectivity index (χ2v) is 6.91. The lowest BCUT2D eigenvalue weighted by atomic mass is 9.77. The Bertz CT molecular complexity index is 769. The summed E-state index contributed by atoms with van der Waals surface area (Å²) in [6.45, 7) is 3.80. The number of Topliss-reactive ketones (excluding diaryl/α,β-unsaturated/α-hetero) is 1. The van der Waals surface area contributed by atoms with Crippen molar-refractivity contribution in [2.75, 3.05) is 0 Å². The number of carbonyl (C=O) groups is 1. The van der Waals surface area contributed by atoms with Gasteiger partial charge in [0, 0.05) is 6.42 Å². The molecule has 0 saturated carbocycles. The highest BCUT2D eigenvalue weighted by molar-refractivity contribution is 6.62. The molecule has 0 spiro atoms. The third-order valence-corrected chi connectivity index (χ3v) is 4.67. The largest absolute Gasteiger partial charge is 0.492 e. The Balaban J connectivity index is 1.90. The fourth-order valence-corrected chi connectivity index (χ4v) is 3.53. The molecule has 0 atom stereocenters. The molecule has 118 valence electrons. The van der Waals surface area contributed by atoms with Crippen molar-refractivity contribution in [1.82, 2.24) is 0 Å². The molecule has 2 aromatic rings. The minimum absolute atomic E-state index is 0.157. The van der Waals surface area contributed by atoms with Crippen LogP contribution in [0.4, 0.5) is 0 Å². The van der Waals surface area contributed by atoms with E-state index in [4.69, 9.17) is 27.9 Å². The summed E-state index contributed by atoms with van der Waals surface area (Å²) in [6.07, 6.45) is 0.157. The van der Waals surface area contributed by atoms with Gasteiger partial charge in [0.05, 0.1) is 21.2 Å². The van der Waals surface area contributed by atoms with Crippen LogP contribution in [0, 0.1) is 0 Å². The summed E-state index contributed by atoms with van der Waals surface area (Å²) in [4.78, 5) is 12.5. The number of hydrogen-bond donors (Lipinski definition) is 1. The summed E-state index contributed by atoms with van der Waals surface area (Å²) < 4.78 is 5.53. The Morgan fingerprint density at radius 3 is 2.52 bits per heavy atom. The van der Waals surface area contributed by atoms with Crippen molar-refractivity contribution < 1.29 is 14.5 Å². The molecule has 0 aliphatic carbocycles. The molecule has 3 rings (SSSR count). The van der Waals surface area contributed by atoms with Crippen molar-refractivity contribution in [3.05, 3.63) is 63.1 Å². The van der Waals surface area contributed by atoms with Crippen molar-refractivity contribution in [2.45, 2.75) is 25.9 Å². The van der Waals surface area contributed by atoms with Gasteiger partial charge in [-0.05, 0) is 42.6 Å². The fraction of sp³-hybridized carbons (Fsp3) is 0.235. The molecule has 23 heavy (non-hydrogen) atoms. The van der Waals surface area contributed by atoms with Crippen LogP contribution in [0.5, 0.6) is 0 Å². The van der Waals surface area contributed by atoms with Crippen molar-refractivity contribution in [3.8, 4) is 0 Å². The van der Waals surface area contributed by atoms with Gasteiger partial charge in [-0.2, -0.15) is 0 Å². The minimum atomic E-state index is -0.973. The standard InChI is InChI=1S/C17H15BCl2O3/c1-17(2)11-7-6-10(8-12(11)18(22)23-17)9-15(21)16-13(19)4-3-5-14(16)20/h3-8,22H,9H2,1-2H3. The van der Waals surface area contributed by atoms with Crippen LogP contribution in [0.3, 0.4) is 0 Å². The van der Waals surface area contributed by atoms with E-state index in [0.717, 1.165) is 11.1 Å². The number of carbonyl (C=O) groups excluding carboxylic acids is 1. The number of benzene rings is 2. The van der Waals surface area contributed by atoms with Crippen molar-refractivity contribution in [3.63, 3.8) is 0 Å². The van der Waals surface area contributed by atoms with Gasteiger partial charge in [-0.25, -0.2) is 0 Å². The van der Waals surface area contributed by atoms with Gasteiger partial charge in [0.15, 0.2) is 5.78 Å². The van der Waals surface area contributed by atoms with Crippen LogP contribution in [0.2, 0.25) is 10.0 Å². The first kappa shape index (κ1) is 16.5. The fourth-order valence-electron chi connectivity index (χ4n) is 2.92. The highest BCUT2D eigenvalue weighted by Gasteiger charge is 2.40. The number of fused-ring (bicyclic) bond motifs is 1. The second-order valence-electron chi connectivity index (χ2n) is 6.10. The van der Waals surface area contributed by atoms with Crippen LogP contribution in [-0.2, 0) is 16.7 Å². The molecule has 1 heterocycles. The molecule has 1 N–H and O–H groups in total. The normalized spacial score (nSPS) is 15.6. The number of halogens is 2. The molecule has 0 radical (unpaired) electrons. The molecule has 1 aliphatic rings. The van der Waals surface area contributed by atoms with Crippen molar-refractivity contribution in [2.24, 2.45) is 0 Å². The van der Waals surface area contributed by atoms with E-state index in [1.165, 1.54) is 0 Å². The SMILES string of the molecule is CC1(C)OB(O)c2cc(CC(=O)c3c(Cl)cccc3Cl)ccc21. The first-order valence-corrected chi connectivity index (χ1v) is 8.01. The van der Waals surface area contributed by atoms with Crippen LogP contribution in [0.15, 0.2) is 36.4 Å². The van der Waals surface area contributed by atoms with Crippen LogP contribution in [-0.4, -0.2) is 17.9 Å². The molecule has 0 bridgehead atoms. The molecule has 6 heteroatoms. The van der Waals surface area contributed by atoms with E-state index < -0.39 is 12.7 Å². The van der Waals surface area contributed by atoms with E-state index in [0.29, 0.717) is 21.1 Å². The summed E-state index contributed by atoms with van der Waals surface area (Å²) in [6, 6.07) is 10.5. The van der Waals surface area contributed by atoms with Crippen LogP contribution in [0.25, 0.3) is 0 Å². The quantitative estimate of drug-likeness (QED) is 0.683. The van der Waals surface area contributed by atoms with Crippen molar-refractivity contribution in [1.29, 1.82) is 0 Å². The summed E-state index contributed by atoms with van der Waals surface area (Å²) in [5.74, 6) is -0.159. The van der Waals surface area contributed by atoms with E-state index in [1.807, 2.05) is 26.0 Å². The Hall–Kier alpha value is -1.33. The third-order valence-electron chi connectivity index (χ3n) is 4.04. The topological polar surface area (TPSA) is 46.5 Å². The zero-order valence-electron chi connectivity index (χ0n) is 12.8. The second kappa shape index (κ2) is 5.95. The van der Waals surface area contributed by atoms with Gasteiger partial charge < -0.3 is 9.68 Å². The van der Waals surface area contributed by atoms with Crippen LogP contribution in [0.1, 0.15) is 35.3 Å². The van der Waals surface area contributed by atoms with E-state index in [2.05, 4.69) is 0 Å². The zero-order chi connectivity index (χ0) is 16.8. The lowest BCUT2D eigenvalue weighted by molar-refractivity contribution is 0.0991. The maximum atomic E-state index is 12.5. The molecule has 0 saturated heterocycles. The predicted octanol–water partition coefficient (Wildman–Crippen LogP) is 3.37. The van der Waals surface area contributed by atoms with Gasteiger partial charge in [-0.1, -0.05) is 47.5 Å². The maximum absolute atomic E-state index is 12.5. The molecular weight excluding hydrogens is 334 g/mol. The number of ketones is 1. The first-order valence-electron chi connectivity index (χ1n) is 7.26. The molecule has 0 fully saturated rings. The Kier molecular flexibility index (Phi) is 4.28. The summed E-state index contributed by atoms with van der Waals surface area (Å²) >= 11 is 12.2. The van der Waals surface area contributed by atoms with Gasteiger partial charge in [0.2, 0.25) is 0 Å². The highest BCUT2D eigenvalue weighted by atomic mass is 35.5. The zero-order valence-corrected chi connectivity index (χ0v) is 14.3. The van der Waals surface area contributed by atoms with Gasteiger partial charge in [0.1, 0.15) is 0 Å². The van der Waals surface area contributed by atoms with Crippen molar-refractivity contribution >= 4 is 41.6 Å². The lowest BCUT2D eigenvalue weighted by Gasteiger charge is -2.19. The minimum Gasteiger partial charge on any atom is -0.423 e. The molecule has 2 aromatic carbocycles. The summed E-state index contributed by atoms with van der Waals surface area (Å²) in [5.41, 5.74) is 2.20.